The summed E-state index contributed by atoms with van der Waals surface area (Å²) in [6.45, 7) is 3.19. The molecule has 96 valence electrons. The number of aromatic nitrogens is 1. The Kier molecular flexibility index (Phi) is 5.77. The summed E-state index contributed by atoms with van der Waals surface area (Å²) in [6, 6.07) is 2.11. The monoisotopic (exact) mass is 238 g/mol. The fourth-order valence-corrected chi connectivity index (χ4v) is 1.82. The first-order valence-electron chi connectivity index (χ1n) is 6.12. The molecule has 0 saturated heterocycles. The number of rotatable bonds is 7. The predicted octanol–water partition coefficient (Wildman–Crippen LogP) is 1.72. The third kappa shape index (κ3) is 5.04. The molecule has 0 amide bonds. The molecule has 17 heavy (non-hydrogen) atoms. The Morgan fingerprint density at radius 2 is 2.35 bits per heavy atom. The molecule has 2 N–H and O–H groups in total. The van der Waals surface area contributed by atoms with Crippen molar-refractivity contribution in [3.05, 3.63) is 24.0 Å². The van der Waals surface area contributed by atoms with Crippen molar-refractivity contribution in [3.63, 3.8) is 0 Å². The van der Waals surface area contributed by atoms with E-state index in [1.54, 1.807) is 0 Å². The molecule has 0 aromatic carbocycles. The van der Waals surface area contributed by atoms with E-state index in [1.165, 1.54) is 12.7 Å². The lowest BCUT2D eigenvalue weighted by Crippen LogP contribution is -2.23. The standard InChI is InChI=1S/C13H22N2O2/c1-3-7-15-8-6-11(10-15)9-12(14)4-5-13(16)17-2/h6,8,10,12H,3-5,7,9,14H2,1-2H3. The van der Waals surface area contributed by atoms with Crippen molar-refractivity contribution in [1.29, 1.82) is 0 Å². The molecule has 1 aromatic rings. The Balaban J connectivity index is 2.34. The zero-order valence-corrected chi connectivity index (χ0v) is 10.7. The molecular formula is C13H22N2O2. The number of nitrogens with zero attached hydrogens (tertiary/aromatic N) is 1. The van der Waals surface area contributed by atoms with Crippen molar-refractivity contribution in [2.75, 3.05) is 7.11 Å². The van der Waals surface area contributed by atoms with Gasteiger partial charge in [0.25, 0.3) is 0 Å². The summed E-state index contributed by atoms with van der Waals surface area (Å²) in [5, 5.41) is 0. The molecule has 1 aromatic heterocycles. The van der Waals surface area contributed by atoms with Crippen LogP contribution in [0.2, 0.25) is 0 Å². The molecule has 1 atom stereocenters. The number of carbonyl (C=O) groups is 1. The number of ether oxygens (including phenoxy) is 1. The molecule has 0 aliphatic carbocycles. The van der Waals surface area contributed by atoms with Gasteiger partial charge in [0, 0.05) is 31.4 Å². The van der Waals surface area contributed by atoms with Gasteiger partial charge < -0.3 is 15.0 Å². The zero-order chi connectivity index (χ0) is 12.7. The Labute approximate surface area is 103 Å². The first kappa shape index (κ1) is 13.8. The maximum Gasteiger partial charge on any atom is 0.305 e. The van der Waals surface area contributed by atoms with E-state index in [9.17, 15) is 4.79 Å². The summed E-state index contributed by atoms with van der Waals surface area (Å²) < 4.78 is 6.76. The van der Waals surface area contributed by atoms with Crippen LogP contribution in [0.1, 0.15) is 31.7 Å². The van der Waals surface area contributed by atoms with Crippen LogP contribution in [-0.4, -0.2) is 23.7 Å². The Morgan fingerprint density at radius 1 is 1.59 bits per heavy atom. The molecule has 0 saturated carbocycles. The van der Waals surface area contributed by atoms with Gasteiger partial charge in [0.05, 0.1) is 7.11 Å². The van der Waals surface area contributed by atoms with Crippen molar-refractivity contribution in [2.45, 2.75) is 45.2 Å². The van der Waals surface area contributed by atoms with Crippen LogP contribution in [0.15, 0.2) is 18.5 Å². The first-order chi connectivity index (χ1) is 8.15. The number of aryl methyl sites for hydroxylation is 1. The number of nitrogens with two attached hydrogens (primary N) is 1. The molecule has 0 aliphatic heterocycles. The van der Waals surface area contributed by atoms with Gasteiger partial charge in [-0.05, 0) is 30.9 Å². The number of esters is 1. The van der Waals surface area contributed by atoms with Gasteiger partial charge in [0.2, 0.25) is 0 Å². The van der Waals surface area contributed by atoms with Crippen molar-refractivity contribution < 1.29 is 9.53 Å². The molecule has 1 heterocycles. The summed E-state index contributed by atoms with van der Waals surface area (Å²) in [6.07, 6.45) is 7.21. The van der Waals surface area contributed by atoms with E-state index in [4.69, 9.17) is 5.73 Å². The van der Waals surface area contributed by atoms with Gasteiger partial charge in [-0.1, -0.05) is 6.92 Å². The molecule has 4 heteroatoms. The molecule has 1 unspecified atom stereocenters. The Bertz CT molecular complexity index is 347. The molecule has 0 spiro atoms. The summed E-state index contributed by atoms with van der Waals surface area (Å²) in [7, 11) is 1.40. The minimum Gasteiger partial charge on any atom is -0.469 e. The minimum absolute atomic E-state index is 0.0200. The highest BCUT2D eigenvalue weighted by Gasteiger charge is 2.08. The van der Waals surface area contributed by atoms with Crippen LogP contribution in [0.5, 0.6) is 0 Å². The van der Waals surface area contributed by atoms with E-state index in [0.29, 0.717) is 12.8 Å². The quantitative estimate of drug-likeness (QED) is 0.736. The van der Waals surface area contributed by atoms with Gasteiger partial charge >= 0.3 is 5.97 Å². The molecule has 0 aliphatic rings. The maximum absolute atomic E-state index is 11.0. The van der Waals surface area contributed by atoms with Crippen LogP contribution in [0.4, 0.5) is 0 Å². The summed E-state index contributed by atoms with van der Waals surface area (Å²) in [5.74, 6) is -0.191. The van der Waals surface area contributed by atoms with Crippen LogP contribution in [0, 0.1) is 0 Å². The van der Waals surface area contributed by atoms with Crippen LogP contribution in [0.25, 0.3) is 0 Å². The highest BCUT2D eigenvalue weighted by molar-refractivity contribution is 5.69. The van der Waals surface area contributed by atoms with Crippen LogP contribution in [-0.2, 0) is 22.5 Å². The highest BCUT2D eigenvalue weighted by atomic mass is 16.5. The summed E-state index contributed by atoms with van der Waals surface area (Å²) in [4.78, 5) is 11.0. The second-order valence-electron chi connectivity index (χ2n) is 4.34. The molecule has 4 nitrogen and oxygen atoms in total. The fraction of sp³-hybridized carbons (Fsp3) is 0.615. The van der Waals surface area contributed by atoms with Gasteiger partial charge in [0.1, 0.15) is 0 Å². The van der Waals surface area contributed by atoms with Crippen molar-refractivity contribution in [1.82, 2.24) is 4.57 Å². The average Bonchev–Trinajstić information content (AvgIpc) is 2.74. The van der Waals surface area contributed by atoms with E-state index in [-0.39, 0.29) is 12.0 Å². The third-order valence-electron chi connectivity index (χ3n) is 2.74. The largest absolute Gasteiger partial charge is 0.469 e. The smallest absolute Gasteiger partial charge is 0.305 e. The maximum atomic E-state index is 11.0. The van der Waals surface area contributed by atoms with Gasteiger partial charge in [-0.15, -0.1) is 0 Å². The molecule has 0 fully saturated rings. The second kappa shape index (κ2) is 7.12. The predicted molar refractivity (Wildman–Crippen MR) is 67.7 cm³/mol. The highest BCUT2D eigenvalue weighted by Crippen LogP contribution is 2.08. The van der Waals surface area contributed by atoms with Gasteiger partial charge in [0.15, 0.2) is 0 Å². The lowest BCUT2D eigenvalue weighted by atomic mass is 10.1. The Hall–Kier alpha value is -1.29. The lowest BCUT2D eigenvalue weighted by Gasteiger charge is -2.09. The van der Waals surface area contributed by atoms with Gasteiger partial charge in [-0.2, -0.15) is 0 Å². The minimum atomic E-state index is -0.191. The summed E-state index contributed by atoms with van der Waals surface area (Å²) >= 11 is 0. The second-order valence-corrected chi connectivity index (χ2v) is 4.34. The van der Waals surface area contributed by atoms with Gasteiger partial charge in [-0.3, -0.25) is 4.79 Å². The van der Waals surface area contributed by atoms with E-state index in [1.807, 2.05) is 0 Å². The van der Waals surface area contributed by atoms with Crippen molar-refractivity contribution in [3.8, 4) is 0 Å². The average molecular weight is 238 g/mol. The normalized spacial score (nSPS) is 12.4. The molecule has 1 rings (SSSR count). The van der Waals surface area contributed by atoms with E-state index in [2.05, 4.69) is 34.7 Å². The molecule has 0 radical (unpaired) electrons. The van der Waals surface area contributed by atoms with Crippen LogP contribution >= 0.6 is 0 Å². The third-order valence-corrected chi connectivity index (χ3v) is 2.74. The van der Waals surface area contributed by atoms with Crippen LogP contribution in [0.3, 0.4) is 0 Å². The molecular weight excluding hydrogens is 216 g/mol. The summed E-state index contributed by atoms with van der Waals surface area (Å²) in [5.41, 5.74) is 7.21. The van der Waals surface area contributed by atoms with Crippen molar-refractivity contribution in [2.24, 2.45) is 5.73 Å². The van der Waals surface area contributed by atoms with E-state index >= 15 is 0 Å². The number of hydrogen-bond donors (Lipinski definition) is 1. The van der Waals surface area contributed by atoms with Gasteiger partial charge in [-0.25, -0.2) is 0 Å². The van der Waals surface area contributed by atoms with Crippen molar-refractivity contribution >= 4 is 5.97 Å². The fourth-order valence-electron chi connectivity index (χ4n) is 1.82. The number of hydrogen-bond acceptors (Lipinski definition) is 3. The SMILES string of the molecule is CCCn1ccc(CC(N)CCC(=O)OC)c1. The lowest BCUT2D eigenvalue weighted by molar-refractivity contribution is -0.140. The molecule has 0 bridgehead atoms. The van der Waals surface area contributed by atoms with Crippen LogP contribution < -0.4 is 5.73 Å². The number of methoxy groups -OCH3 is 1. The zero-order valence-electron chi connectivity index (χ0n) is 10.7. The van der Waals surface area contributed by atoms with E-state index in [0.717, 1.165) is 19.4 Å². The van der Waals surface area contributed by atoms with E-state index < -0.39 is 0 Å². The number of carbonyl (C=O) groups excluding carboxylic acids is 1. The first-order valence-corrected chi connectivity index (χ1v) is 6.12. The topological polar surface area (TPSA) is 57.2 Å². The Morgan fingerprint density at radius 3 is 3.00 bits per heavy atom.